The lowest BCUT2D eigenvalue weighted by Gasteiger charge is -2.35. The fourth-order valence-corrected chi connectivity index (χ4v) is 2.61. The largest absolute Gasteiger partial charge is 0.391 e. The number of anilines is 1. The highest BCUT2D eigenvalue weighted by atomic mass is 16.3. The maximum Gasteiger partial charge on any atom is 0.0741 e. The molecule has 0 aliphatic carbocycles. The van der Waals surface area contributed by atoms with E-state index in [0.717, 1.165) is 32.6 Å². The number of piperidine rings is 1. The lowest BCUT2D eigenvalue weighted by atomic mass is 9.95. The molecule has 112 valence electrons. The summed E-state index contributed by atoms with van der Waals surface area (Å²) in [5.41, 5.74) is 2.55. The zero-order valence-corrected chi connectivity index (χ0v) is 13.0. The number of aliphatic hydroxyl groups is 1. The number of nitrogens with zero attached hydrogens (tertiary/aromatic N) is 1. The van der Waals surface area contributed by atoms with Gasteiger partial charge in [-0.25, -0.2) is 0 Å². The number of hydrogen-bond donors (Lipinski definition) is 2. The summed E-state index contributed by atoms with van der Waals surface area (Å²) in [5, 5.41) is 13.4. The first-order chi connectivity index (χ1) is 9.56. The Morgan fingerprint density at radius 3 is 2.60 bits per heavy atom. The topological polar surface area (TPSA) is 35.5 Å². The number of β-amino-alcohol motifs (C(OH)–C–C–N with tert-alkyl or cyclic N) is 1. The van der Waals surface area contributed by atoms with E-state index in [9.17, 15) is 5.11 Å². The van der Waals surface area contributed by atoms with Crippen LogP contribution in [0.3, 0.4) is 0 Å². The molecular weight excluding hydrogens is 248 g/mol. The van der Waals surface area contributed by atoms with E-state index in [1.165, 1.54) is 11.3 Å². The first-order valence-corrected chi connectivity index (χ1v) is 7.79. The van der Waals surface area contributed by atoms with Gasteiger partial charge in [-0.15, -0.1) is 0 Å². The molecule has 1 aliphatic rings. The van der Waals surface area contributed by atoms with Crippen LogP contribution in [-0.2, 0) is 6.54 Å². The van der Waals surface area contributed by atoms with E-state index in [1.54, 1.807) is 0 Å². The molecule has 2 atom stereocenters. The highest BCUT2D eigenvalue weighted by molar-refractivity contribution is 5.48. The second-order valence-electron chi connectivity index (χ2n) is 6.47. The molecule has 2 rings (SSSR count). The van der Waals surface area contributed by atoms with Crippen LogP contribution >= 0.6 is 0 Å². The van der Waals surface area contributed by atoms with Crippen molar-refractivity contribution in [2.75, 3.05) is 24.5 Å². The van der Waals surface area contributed by atoms with Crippen molar-refractivity contribution in [3.63, 3.8) is 0 Å². The third-order valence-electron chi connectivity index (χ3n) is 4.10. The zero-order valence-electron chi connectivity index (χ0n) is 13.0. The quantitative estimate of drug-likeness (QED) is 0.868. The van der Waals surface area contributed by atoms with E-state index in [-0.39, 0.29) is 6.10 Å². The van der Waals surface area contributed by atoms with E-state index in [4.69, 9.17) is 0 Å². The molecule has 0 radical (unpaired) electrons. The van der Waals surface area contributed by atoms with E-state index < -0.39 is 0 Å². The molecule has 2 N–H and O–H groups in total. The normalized spacial score (nSPS) is 23.4. The number of nitrogens with one attached hydrogen (secondary N) is 1. The number of aliphatic hydroxyl groups excluding tert-OH is 1. The molecule has 3 heteroatoms. The fraction of sp³-hybridized carbons (Fsp3) is 0.647. The minimum absolute atomic E-state index is 0.198. The van der Waals surface area contributed by atoms with E-state index in [2.05, 4.69) is 55.3 Å². The van der Waals surface area contributed by atoms with Crippen LogP contribution in [0.5, 0.6) is 0 Å². The van der Waals surface area contributed by atoms with Crippen molar-refractivity contribution >= 4 is 5.69 Å². The van der Waals surface area contributed by atoms with Gasteiger partial charge < -0.3 is 15.3 Å². The maximum atomic E-state index is 9.98. The van der Waals surface area contributed by atoms with Crippen LogP contribution in [0.25, 0.3) is 0 Å². The number of rotatable bonds is 5. The van der Waals surface area contributed by atoms with E-state index in [0.29, 0.717) is 11.8 Å². The van der Waals surface area contributed by atoms with Crippen LogP contribution in [0, 0.1) is 11.8 Å². The summed E-state index contributed by atoms with van der Waals surface area (Å²) in [4.78, 5) is 2.29. The van der Waals surface area contributed by atoms with Crippen molar-refractivity contribution in [2.45, 2.75) is 39.8 Å². The van der Waals surface area contributed by atoms with Gasteiger partial charge in [0.05, 0.1) is 6.10 Å². The predicted molar refractivity (Wildman–Crippen MR) is 85.0 cm³/mol. The molecule has 0 amide bonds. The zero-order chi connectivity index (χ0) is 14.5. The fourth-order valence-electron chi connectivity index (χ4n) is 2.61. The monoisotopic (exact) mass is 276 g/mol. The van der Waals surface area contributed by atoms with Gasteiger partial charge in [-0.05, 0) is 42.5 Å². The third-order valence-corrected chi connectivity index (χ3v) is 4.10. The number of hydrogen-bond acceptors (Lipinski definition) is 3. The average molecular weight is 276 g/mol. The molecule has 3 nitrogen and oxygen atoms in total. The minimum Gasteiger partial charge on any atom is -0.391 e. The second-order valence-corrected chi connectivity index (χ2v) is 6.47. The summed E-state index contributed by atoms with van der Waals surface area (Å²) in [5.74, 6) is 1.11. The van der Waals surface area contributed by atoms with Gasteiger partial charge >= 0.3 is 0 Å². The van der Waals surface area contributed by atoms with Gasteiger partial charge in [0.2, 0.25) is 0 Å². The van der Waals surface area contributed by atoms with Crippen LogP contribution in [-0.4, -0.2) is 30.8 Å². The van der Waals surface area contributed by atoms with Gasteiger partial charge in [0.15, 0.2) is 0 Å². The SMILES string of the molecule is CC(C)CNCc1ccc(N2CCC(C)C(O)C2)cc1. The molecule has 0 aromatic heterocycles. The Morgan fingerprint density at radius 2 is 2.00 bits per heavy atom. The first-order valence-electron chi connectivity index (χ1n) is 7.79. The molecule has 0 spiro atoms. The molecule has 2 unspecified atom stereocenters. The smallest absolute Gasteiger partial charge is 0.0741 e. The second kappa shape index (κ2) is 7.09. The Kier molecular flexibility index (Phi) is 5.44. The van der Waals surface area contributed by atoms with Crippen molar-refractivity contribution in [1.82, 2.24) is 5.32 Å². The summed E-state index contributed by atoms with van der Waals surface area (Å²) < 4.78 is 0. The molecule has 0 bridgehead atoms. The third kappa shape index (κ3) is 4.22. The molecule has 1 aromatic carbocycles. The molecule has 0 saturated carbocycles. The molecule has 1 fully saturated rings. The molecule has 20 heavy (non-hydrogen) atoms. The Hall–Kier alpha value is -1.06. The predicted octanol–water partition coefficient (Wildman–Crippen LogP) is 2.64. The van der Waals surface area contributed by atoms with Crippen molar-refractivity contribution < 1.29 is 5.11 Å². The van der Waals surface area contributed by atoms with Crippen LogP contribution in [0.15, 0.2) is 24.3 Å². The van der Waals surface area contributed by atoms with E-state index >= 15 is 0 Å². The lowest BCUT2D eigenvalue weighted by molar-refractivity contribution is 0.103. The molecule has 1 saturated heterocycles. The summed E-state index contributed by atoms with van der Waals surface area (Å²) in [6, 6.07) is 8.73. The maximum absolute atomic E-state index is 9.98. The van der Waals surface area contributed by atoms with Gasteiger partial charge in [0.1, 0.15) is 0 Å². The molecule has 1 aromatic rings. The molecule has 1 aliphatic heterocycles. The Bertz CT molecular complexity index is 402. The summed E-state index contributed by atoms with van der Waals surface area (Å²) >= 11 is 0. The summed E-state index contributed by atoms with van der Waals surface area (Å²) in [6.45, 7) is 10.4. The van der Waals surface area contributed by atoms with Crippen molar-refractivity contribution in [3.8, 4) is 0 Å². The minimum atomic E-state index is -0.198. The number of benzene rings is 1. The molecule has 1 heterocycles. The van der Waals surface area contributed by atoms with Crippen molar-refractivity contribution in [2.24, 2.45) is 11.8 Å². The van der Waals surface area contributed by atoms with Gasteiger partial charge in [-0.2, -0.15) is 0 Å². The van der Waals surface area contributed by atoms with Gasteiger partial charge in [-0.1, -0.05) is 32.9 Å². The van der Waals surface area contributed by atoms with E-state index in [1.807, 2.05) is 0 Å². The Morgan fingerprint density at radius 1 is 1.30 bits per heavy atom. The van der Waals surface area contributed by atoms with Gasteiger partial charge in [0, 0.05) is 25.3 Å². The summed E-state index contributed by atoms with van der Waals surface area (Å²) in [6.07, 6.45) is 0.870. The van der Waals surface area contributed by atoms with Crippen LogP contribution < -0.4 is 10.2 Å². The molecular formula is C17H28N2O. The Balaban J connectivity index is 1.88. The highest BCUT2D eigenvalue weighted by Crippen LogP contribution is 2.23. The van der Waals surface area contributed by atoms with Crippen molar-refractivity contribution in [3.05, 3.63) is 29.8 Å². The average Bonchev–Trinajstić information content (AvgIpc) is 2.42. The van der Waals surface area contributed by atoms with Gasteiger partial charge in [-0.3, -0.25) is 0 Å². The first kappa shape index (κ1) is 15.3. The van der Waals surface area contributed by atoms with Gasteiger partial charge in [0.25, 0.3) is 0 Å². The Labute approximate surface area is 123 Å². The van der Waals surface area contributed by atoms with Crippen molar-refractivity contribution in [1.29, 1.82) is 0 Å². The highest BCUT2D eigenvalue weighted by Gasteiger charge is 2.24. The van der Waals surface area contributed by atoms with Crippen LogP contribution in [0.1, 0.15) is 32.8 Å². The lowest BCUT2D eigenvalue weighted by Crippen LogP contribution is -2.42. The van der Waals surface area contributed by atoms with Crippen LogP contribution in [0.4, 0.5) is 5.69 Å². The standard InChI is InChI=1S/C17H28N2O/c1-13(2)10-18-11-15-4-6-16(7-5-15)19-9-8-14(3)17(20)12-19/h4-7,13-14,17-18,20H,8-12H2,1-3H3. The van der Waals surface area contributed by atoms with Crippen LogP contribution in [0.2, 0.25) is 0 Å². The summed E-state index contributed by atoms with van der Waals surface area (Å²) in [7, 11) is 0.